The molecule has 1 aliphatic carbocycles. The summed E-state index contributed by atoms with van der Waals surface area (Å²) < 4.78 is 13.5. The minimum Gasteiger partial charge on any atom is -0.325 e. The zero-order valence-corrected chi connectivity index (χ0v) is 11.1. The highest BCUT2D eigenvalue weighted by Crippen LogP contribution is 2.58. The van der Waals surface area contributed by atoms with E-state index in [1.807, 2.05) is 0 Å². The highest BCUT2D eigenvalue weighted by atomic mass is 19.1. The first-order valence-electron chi connectivity index (χ1n) is 6.86. The van der Waals surface area contributed by atoms with Crippen LogP contribution in [-0.2, 0) is 4.79 Å². The fourth-order valence-corrected chi connectivity index (χ4v) is 3.16. The second kappa shape index (κ2) is 4.88. The summed E-state index contributed by atoms with van der Waals surface area (Å²) in [6.45, 7) is 1.90. The Morgan fingerprint density at radius 3 is 2.90 bits per heavy atom. The van der Waals surface area contributed by atoms with Crippen molar-refractivity contribution in [2.24, 2.45) is 11.3 Å². The third kappa shape index (κ3) is 2.16. The SMILES string of the molecule is N#Cc1c(F)cccc1NC(=O)C1CC12CCNCC2. The third-order valence-corrected chi connectivity index (χ3v) is 4.49. The first-order chi connectivity index (χ1) is 9.66. The molecule has 1 aromatic rings. The van der Waals surface area contributed by atoms with Crippen molar-refractivity contribution >= 4 is 11.6 Å². The summed E-state index contributed by atoms with van der Waals surface area (Å²) in [6, 6.07) is 6.09. The van der Waals surface area contributed by atoms with Gasteiger partial charge in [0.05, 0.1) is 5.69 Å². The molecule has 2 N–H and O–H groups in total. The van der Waals surface area contributed by atoms with Crippen molar-refractivity contribution in [2.75, 3.05) is 18.4 Å². The molecular formula is C15H16FN3O. The van der Waals surface area contributed by atoms with E-state index in [0.29, 0.717) is 0 Å². The van der Waals surface area contributed by atoms with E-state index >= 15 is 0 Å². The van der Waals surface area contributed by atoms with Gasteiger partial charge in [0.1, 0.15) is 17.4 Å². The number of hydrogen-bond donors (Lipinski definition) is 2. The molecule has 0 aromatic heterocycles. The highest BCUT2D eigenvalue weighted by molar-refractivity contribution is 5.96. The maximum Gasteiger partial charge on any atom is 0.228 e. The van der Waals surface area contributed by atoms with Crippen LogP contribution in [-0.4, -0.2) is 19.0 Å². The molecule has 3 rings (SSSR count). The number of carbonyl (C=O) groups is 1. The van der Waals surface area contributed by atoms with E-state index in [-0.39, 0.29) is 28.5 Å². The summed E-state index contributed by atoms with van der Waals surface area (Å²) in [6.07, 6.45) is 2.93. The van der Waals surface area contributed by atoms with Crippen LogP contribution in [0.1, 0.15) is 24.8 Å². The number of piperidine rings is 1. The predicted molar refractivity (Wildman–Crippen MR) is 72.4 cm³/mol. The fraction of sp³-hybridized carbons (Fsp3) is 0.467. The van der Waals surface area contributed by atoms with E-state index in [9.17, 15) is 9.18 Å². The monoisotopic (exact) mass is 273 g/mol. The molecule has 1 saturated heterocycles. The highest BCUT2D eigenvalue weighted by Gasteiger charge is 2.57. The van der Waals surface area contributed by atoms with Gasteiger partial charge in [-0.15, -0.1) is 0 Å². The molecule has 1 aromatic carbocycles. The molecule has 20 heavy (non-hydrogen) atoms. The normalized spacial score (nSPS) is 23.1. The standard InChI is InChI=1S/C15H16FN3O/c16-12-2-1-3-13(10(12)9-17)19-14(20)11-8-15(11)4-6-18-7-5-15/h1-3,11,18H,4-8H2,(H,19,20). The second-order valence-electron chi connectivity index (χ2n) is 5.63. The van der Waals surface area contributed by atoms with Gasteiger partial charge in [-0.1, -0.05) is 6.07 Å². The van der Waals surface area contributed by atoms with Gasteiger partial charge in [0, 0.05) is 5.92 Å². The van der Waals surface area contributed by atoms with Crippen LogP contribution in [0.25, 0.3) is 0 Å². The summed E-state index contributed by atoms with van der Waals surface area (Å²) in [5.74, 6) is -0.689. The van der Waals surface area contributed by atoms with Crippen LogP contribution in [0.4, 0.5) is 10.1 Å². The van der Waals surface area contributed by atoms with Crippen molar-refractivity contribution in [3.05, 3.63) is 29.6 Å². The molecule has 0 bridgehead atoms. The van der Waals surface area contributed by atoms with Crippen molar-refractivity contribution in [1.29, 1.82) is 5.26 Å². The van der Waals surface area contributed by atoms with Crippen LogP contribution in [0.3, 0.4) is 0 Å². The van der Waals surface area contributed by atoms with Gasteiger partial charge in [0.25, 0.3) is 0 Å². The van der Waals surface area contributed by atoms with Crippen molar-refractivity contribution in [1.82, 2.24) is 5.32 Å². The van der Waals surface area contributed by atoms with E-state index in [4.69, 9.17) is 5.26 Å². The van der Waals surface area contributed by atoms with Crippen LogP contribution in [0, 0.1) is 28.5 Å². The zero-order chi connectivity index (χ0) is 14.2. The lowest BCUT2D eigenvalue weighted by Crippen LogP contribution is -2.31. The number of halogens is 1. The Bertz CT molecular complexity index is 587. The average Bonchev–Trinajstić information content (AvgIpc) is 3.13. The van der Waals surface area contributed by atoms with Gasteiger partial charge >= 0.3 is 0 Å². The Morgan fingerprint density at radius 1 is 1.45 bits per heavy atom. The molecule has 104 valence electrons. The molecule has 1 spiro atoms. The Hall–Kier alpha value is -1.93. The van der Waals surface area contributed by atoms with Gasteiger partial charge in [-0.2, -0.15) is 5.26 Å². The van der Waals surface area contributed by atoms with E-state index in [0.717, 1.165) is 32.4 Å². The van der Waals surface area contributed by atoms with Gasteiger partial charge in [-0.25, -0.2) is 4.39 Å². The number of anilines is 1. The van der Waals surface area contributed by atoms with Crippen LogP contribution >= 0.6 is 0 Å². The van der Waals surface area contributed by atoms with Crippen molar-refractivity contribution in [3.8, 4) is 6.07 Å². The van der Waals surface area contributed by atoms with E-state index in [1.54, 1.807) is 12.1 Å². The summed E-state index contributed by atoms with van der Waals surface area (Å²) >= 11 is 0. The molecule has 1 amide bonds. The molecule has 4 nitrogen and oxygen atoms in total. The first kappa shape index (κ1) is 13.1. The van der Waals surface area contributed by atoms with E-state index in [2.05, 4.69) is 10.6 Å². The Kier molecular flexibility index (Phi) is 3.19. The quantitative estimate of drug-likeness (QED) is 0.866. The van der Waals surface area contributed by atoms with Crippen LogP contribution in [0.15, 0.2) is 18.2 Å². The molecule has 1 saturated carbocycles. The van der Waals surface area contributed by atoms with Crippen LogP contribution in [0.2, 0.25) is 0 Å². The topological polar surface area (TPSA) is 64.9 Å². The molecule has 1 atom stereocenters. The largest absolute Gasteiger partial charge is 0.325 e. The minimum atomic E-state index is -0.599. The Morgan fingerprint density at radius 2 is 2.20 bits per heavy atom. The van der Waals surface area contributed by atoms with Gasteiger partial charge in [-0.3, -0.25) is 4.79 Å². The van der Waals surface area contributed by atoms with Crippen LogP contribution < -0.4 is 10.6 Å². The molecule has 0 radical (unpaired) electrons. The summed E-state index contributed by atoms with van der Waals surface area (Å²) in [5, 5.41) is 15.0. The molecule has 2 aliphatic rings. The van der Waals surface area contributed by atoms with Crippen molar-refractivity contribution in [2.45, 2.75) is 19.3 Å². The predicted octanol–water partition coefficient (Wildman–Crippen LogP) is 2.03. The Labute approximate surface area is 117 Å². The number of carbonyl (C=O) groups excluding carboxylic acids is 1. The number of nitrogens with zero attached hydrogens (tertiary/aromatic N) is 1. The van der Waals surface area contributed by atoms with E-state index in [1.165, 1.54) is 12.1 Å². The number of hydrogen-bond acceptors (Lipinski definition) is 3. The number of nitrogens with one attached hydrogen (secondary N) is 2. The minimum absolute atomic E-state index is 0.000546. The number of rotatable bonds is 2. The number of benzene rings is 1. The molecule has 5 heteroatoms. The molecule has 1 unspecified atom stereocenters. The third-order valence-electron chi connectivity index (χ3n) is 4.49. The smallest absolute Gasteiger partial charge is 0.228 e. The first-order valence-corrected chi connectivity index (χ1v) is 6.86. The zero-order valence-electron chi connectivity index (χ0n) is 11.1. The Balaban J connectivity index is 1.72. The van der Waals surface area contributed by atoms with Crippen LogP contribution in [0.5, 0.6) is 0 Å². The number of nitriles is 1. The van der Waals surface area contributed by atoms with Crippen molar-refractivity contribution in [3.63, 3.8) is 0 Å². The van der Waals surface area contributed by atoms with Gasteiger partial charge in [0.15, 0.2) is 0 Å². The second-order valence-corrected chi connectivity index (χ2v) is 5.63. The average molecular weight is 273 g/mol. The lowest BCUT2D eigenvalue weighted by atomic mass is 9.91. The summed E-state index contributed by atoms with van der Waals surface area (Å²) in [5.41, 5.74) is 0.310. The maximum atomic E-state index is 13.5. The fourth-order valence-electron chi connectivity index (χ4n) is 3.16. The lowest BCUT2D eigenvalue weighted by Gasteiger charge is -2.23. The van der Waals surface area contributed by atoms with Crippen molar-refractivity contribution < 1.29 is 9.18 Å². The van der Waals surface area contributed by atoms with E-state index < -0.39 is 5.82 Å². The summed E-state index contributed by atoms with van der Waals surface area (Å²) in [4.78, 5) is 12.3. The molecule has 2 fully saturated rings. The number of amides is 1. The lowest BCUT2D eigenvalue weighted by molar-refractivity contribution is -0.118. The maximum absolute atomic E-state index is 13.5. The van der Waals surface area contributed by atoms with Gasteiger partial charge in [-0.05, 0) is 49.9 Å². The molecule has 1 heterocycles. The van der Waals surface area contributed by atoms with Gasteiger partial charge < -0.3 is 10.6 Å². The summed E-state index contributed by atoms with van der Waals surface area (Å²) in [7, 11) is 0. The molecule has 1 aliphatic heterocycles. The van der Waals surface area contributed by atoms with Gasteiger partial charge in [0.2, 0.25) is 5.91 Å². The molecular weight excluding hydrogens is 257 g/mol.